The number of carbonyl (C=O) groups excluding carboxylic acids is 2. The van der Waals surface area contributed by atoms with Crippen LogP contribution in [0.15, 0.2) is 12.2 Å². The molecule has 0 fully saturated rings. The van der Waals surface area contributed by atoms with Crippen molar-refractivity contribution in [3.8, 4) is 0 Å². The van der Waals surface area contributed by atoms with Gasteiger partial charge in [0.05, 0.1) is 25.4 Å². The molecule has 0 saturated carbocycles. The number of nitrogens with one attached hydrogen (secondary N) is 1. The van der Waals surface area contributed by atoms with Crippen molar-refractivity contribution in [3.63, 3.8) is 0 Å². The topological polar surface area (TPSA) is 95.9 Å². The first-order chi connectivity index (χ1) is 33.0. The van der Waals surface area contributed by atoms with Gasteiger partial charge in [0.25, 0.3) is 0 Å². The van der Waals surface area contributed by atoms with Crippen LogP contribution in [0.1, 0.15) is 341 Å². The zero-order chi connectivity index (χ0) is 48.6. The fourth-order valence-electron chi connectivity index (χ4n) is 9.64. The minimum Gasteiger partial charge on any atom is -0.466 e. The van der Waals surface area contributed by atoms with E-state index < -0.39 is 12.1 Å². The normalized spacial score (nSPS) is 12.6. The van der Waals surface area contributed by atoms with Crippen molar-refractivity contribution >= 4 is 11.9 Å². The molecule has 0 radical (unpaired) electrons. The smallest absolute Gasteiger partial charge is 0.305 e. The predicted molar refractivity (Wildman–Crippen MR) is 292 cm³/mol. The fourth-order valence-corrected chi connectivity index (χ4v) is 9.64. The Balaban J connectivity index is 3.47. The molecule has 2 atom stereocenters. The van der Waals surface area contributed by atoms with Gasteiger partial charge in [0, 0.05) is 12.8 Å². The molecule has 6 heteroatoms. The standard InChI is InChI=1S/C61H119NO5/c1-3-5-7-9-11-13-15-17-18-19-20-21-22-23-24-25-26-27-28-30-33-37-41-45-49-53-59(64)58(57-63)62-60(65)54-50-46-42-38-34-31-29-32-36-40-44-48-52-56-67-61(66)55-51-47-43-39-35-16-14-12-10-8-6-4-2/h31,34,58-59,63-64H,3-30,32-33,35-57H2,1-2H3,(H,62,65)/b34-31-. The highest BCUT2D eigenvalue weighted by Crippen LogP contribution is 2.18. The molecular formula is C61H119NO5. The van der Waals surface area contributed by atoms with Crippen molar-refractivity contribution in [2.75, 3.05) is 13.2 Å². The fraction of sp³-hybridized carbons (Fsp3) is 0.934. The van der Waals surface area contributed by atoms with Gasteiger partial charge in [0.15, 0.2) is 0 Å². The van der Waals surface area contributed by atoms with E-state index in [0.717, 1.165) is 70.6 Å². The van der Waals surface area contributed by atoms with Crippen molar-refractivity contribution in [2.24, 2.45) is 0 Å². The van der Waals surface area contributed by atoms with E-state index in [1.807, 2.05) is 0 Å². The SMILES string of the molecule is CCCCCCCCCCCCCCCCCCCCCCCCCCCC(O)C(CO)NC(=O)CCCCC/C=C\CCCCCCCCOC(=O)CCCCCCCCCCCCCC. The van der Waals surface area contributed by atoms with Crippen molar-refractivity contribution in [1.29, 1.82) is 0 Å². The second-order valence-electron chi connectivity index (χ2n) is 21.0. The van der Waals surface area contributed by atoms with Crippen molar-refractivity contribution < 1.29 is 24.5 Å². The summed E-state index contributed by atoms with van der Waals surface area (Å²) in [5, 5.41) is 23.3. The Morgan fingerprint density at radius 1 is 0.403 bits per heavy atom. The number of allylic oxidation sites excluding steroid dienone is 2. The number of rotatable bonds is 57. The van der Waals surface area contributed by atoms with Gasteiger partial charge in [-0.15, -0.1) is 0 Å². The van der Waals surface area contributed by atoms with Gasteiger partial charge in [0.1, 0.15) is 0 Å². The molecule has 0 heterocycles. The maximum atomic E-state index is 12.5. The van der Waals surface area contributed by atoms with Gasteiger partial charge >= 0.3 is 5.97 Å². The number of hydrogen-bond acceptors (Lipinski definition) is 5. The molecule has 0 aromatic heterocycles. The van der Waals surface area contributed by atoms with Crippen LogP contribution < -0.4 is 5.32 Å². The third kappa shape index (κ3) is 53.8. The van der Waals surface area contributed by atoms with Crippen LogP contribution in [0.5, 0.6) is 0 Å². The van der Waals surface area contributed by atoms with E-state index in [2.05, 4.69) is 31.3 Å². The van der Waals surface area contributed by atoms with Crippen LogP contribution in [0.3, 0.4) is 0 Å². The first kappa shape index (κ1) is 65.6. The van der Waals surface area contributed by atoms with Crippen LogP contribution in [-0.2, 0) is 14.3 Å². The van der Waals surface area contributed by atoms with Gasteiger partial charge in [-0.2, -0.15) is 0 Å². The number of hydrogen-bond donors (Lipinski definition) is 3. The van der Waals surface area contributed by atoms with Crippen LogP contribution in [0.25, 0.3) is 0 Å². The van der Waals surface area contributed by atoms with Crippen LogP contribution in [-0.4, -0.2) is 47.4 Å². The van der Waals surface area contributed by atoms with Gasteiger partial charge in [-0.1, -0.05) is 289 Å². The minimum absolute atomic E-state index is 0.0107. The van der Waals surface area contributed by atoms with Gasteiger partial charge in [-0.3, -0.25) is 9.59 Å². The number of aliphatic hydroxyl groups excluding tert-OH is 2. The van der Waals surface area contributed by atoms with Crippen LogP contribution >= 0.6 is 0 Å². The number of aliphatic hydroxyl groups is 2. The van der Waals surface area contributed by atoms with Gasteiger partial charge < -0.3 is 20.3 Å². The molecular weight excluding hydrogens is 827 g/mol. The minimum atomic E-state index is -0.682. The molecule has 1 amide bonds. The first-order valence-corrected chi connectivity index (χ1v) is 30.4. The Morgan fingerprint density at radius 2 is 0.701 bits per heavy atom. The summed E-state index contributed by atoms with van der Waals surface area (Å²) in [6.07, 6.45) is 67.9. The summed E-state index contributed by atoms with van der Waals surface area (Å²) in [6.45, 7) is 4.94. The highest BCUT2D eigenvalue weighted by atomic mass is 16.5. The molecule has 0 aromatic carbocycles. The quantitative estimate of drug-likeness (QED) is 0.0321. The molecule has 67 heavy (non-hydrogen) atoms. The van der Waals surface area contributed by atoms with Crippen LogP contribution in [0, 0.1) is 0 Å². The zero-order valence-electron chi connectivity index (χ0n) is 45.4. The predicted octanol–water partition coefficient (Wildman–Crippen LogP) is 18.9. The molecule has 398 valence electrons. The van der Waals surface area contributed by atoms with Crippen LogP contribution in [0.4, 0.5) is 0 Å². The Morgan fingerprint density at radius 3 is 1.07 bits per heavy atom. The Kier molecular flexibility index (Phi) is 56.0. The van der Waals surface area contributed by atoms with E-state index in [-0.39, 0.29) is 18.5 Å². The average molecular weight is 947 g/mol. The van der Waals surface area contributed by atoms with Crippen molar-refractivity contribution in [3.05, 3.63) is 12.2 Å². The highest BCUT2D eigenvalue weighted by molar-refractivity contribution is 5.76. The maximum absolute atomic E-state index is 12.5. The molecule has 0 aromatic rings. The maximum Gasteiger partial charge on any atom is 0.305 e. The monoisotopic (exact) mass is 946 g/mol. The molecule has 0 bridgehead atoms. The molecule has 2 unspecified atom stereocenters. The van der Waals surface area contributed by atoms with E-state index >= 15 is 0 Å². The molecule has 0 aliphatic rings. The number of unbranched alkanes of at least 4 members (excludes halogenated alkanes) is 44. The van der Waals surface area contributed by atoms with Gasteiger partial charge in [-0.05, 0) is 51.4 Å². The Hall–Kier alpha value is -1.40. The lowest BCUT2D eigenvalue weighted by molar-refractivity contribution is -0.143. The second-order valence-corrected chi connectivity index (χ2v) is 21.0. The summed E-state index contributed by atoms with van der Waals surface area (Å²) >= 11 is 0. The first-order valence-electron chi connectivity index (χ1n) is 30.4. The van der Waals surface area contributed by atoms with E-state index in [1.165, 1.54) is 238 Å². The summed E-state index contributed by atoms with van der Waals surface area (Å²) in [5.74, 6) is -0.0714. The number of esters is 1. The van der Waals surface area contributed by atoms with E-state index in [0.29, 0.717) is 25.9 Å². The Labute approximate surface area is 419 Å². The summed E-state index contributed by atoms with van der Waals surface area (Å²) in [4.78, 5) is 24.5. The van der Waals surface area contributed by atoms with Crippen LogP contribution in [0.2, 0.25) is 0 Å². The summed E-state index contributed by atoms with van der Waals surface area (Å²) in [6, 6.07) is -0.562. The zero-order valence-corrected chi connectivity index (χ0v) is 45.4. The summed E-state index contributed by atoms with van der Waals surface area (Å²) in [5.41, 5.74) is 0. The molecule has 0 saturated heterocycles. The van der Waals surface area contributed by atoms with Crippen molar-refractivity contribution in [1.82, 2.24) is 5.32 Å². The van der Waals surface area contributed by atoms with E-state index in [1.54, 1.807) is 0 Å². The molecule has 0 rings (SSSR count). The largest absolute Gasteiger partial charge is 0.466 e. The molecule has 6 nitrogen and oxygen atoms in total. The van der Waals surface area contributed by atoms with Gasteiger partial charge in [-0.25, -0.2) is 0 Å². The summed E-state index contributed by atoms with van der Waals surface area (Å²) in [7, 11) is 0. The van der Waals surface area contributed by atoms with Crippen molar-refractivity contribution in [2.45, 2.75) is 353 Å². The second kappa shape index (κ2) is 57.2. The molecule has 0 aliphatic carbocycles. The third-order valence-electron chi connectivity index (χ3n) is 14.3. The molecule has 0 aliphatic heterocycles. The molecule has 0 spiro atoms. The van der Waals surface area contributed by atoms with E-state index in [9.17, 15) is 19.8 Å². The average Bonchev–Trinajstić information content (AvgIpc) is 3.33. The number of amides is 1. The lowest BCUT2D eigenvalue weighted by atomic mass is 10.0. The molecule has 3 N–H and O–H groups in total. The Bertz CT molecular complexity index is 1000. The van der Waals surface area contributed by atoms with Gasteiger partial charge in [0.2, 0.25) is 5.91 Å². The lowest BCUT2D eigenvalue weighted by Crippen LogP contribution is -2.45. The van der Waals surface area contributed by atoms with E-state index in [4.69, 9.17) is 4.74 Å². The highest BCUT2D eigenvalue weighted by Gasteiger charge is 2.20. The number of carbonyl (C=O) groups is 2. The number of ether oxygens (including phenoxy) is 1. The lowest BCUT2D eigenvalue weighted by Gasteiger charge is -2.22. The summed E-state index contributed by atoms with van der Waals surface area (Å²) < 4.78 is 5.45. The third-order valence-corrected chi connectivity index (χ3v) is 14.3.